The maximum absolute atomic E-state index is 12.3. The average Bonchev–Trinajstić information content (AvgIpc) is 3.22. The van der Waals surface area contributed by atoms with Gasteiger partial charge in [-0.05, 0) is 58.1 Å². The number of aromatic nitrogens is 2. The zero-order chi connectivity index (χ0) is 18.6. The fraction of sp³-hybridized carbons (Fsp3) is 0.588. The Balaban J connectivity index is 2.01. The molecule has 2 aromatic heterocycles. The molecule has 2 heterocycles. The van der Waals surface area contributed by atoms with Crippen LogP contribution in [0, 0.1) is 0 Å². The van der Waals surface area contributed by atoms with Gasteiger partial charge >= 0.3 is 0 Å². The van der Waals surface area contributed by atoms with Gasteiger partial charge in [-0.1, -0.05) is 0 Å². The van der Waals surface area contributed by atoms with Gasteiger partial charge in [-0.15, -0.1) is 4.72 Å². The Kier molecular flexibility index (Phi) is 4.68. The topological polar surface area (TPSA) is 86.5 Å². The van der Waals surface area contributed by atoms with Crippen LogP contribution in [-0.2, 0) is 21.2 Å². The molecule has 25 heavy (non-hydrogen) atoms. The summed E-state index contributed by atoms with van der Waals surface area (Å²) in [5.74, 6) is 0.444. The quantitative estimate of drug-likeness (QED) is 0.802. The fourth-order valence-corrected chi connectivity index (χ4v) is 4.25. The van der Waals surface area contributed by atoms with Gasteiger partial charge in [0.25, 0.3) is 0 Å². The van der Waals surface area contributed by atoms with Gasteiger partial charge in [0.1, 0.15) is 9.64 Å². The zero-order valence-corrected chi connectivity index (χ0v) is 16.9. The van der Waals surface area contributed by atoms with Crippen molar-refractivity contribution in [1.82, 2.24) is 14.1 Å². The second-order valence-electron chi connectivity index (χ2n) is 7.80. The molecular weight excluding hydrogens is 358 g/mol. The Morgan fingerprint density at radius 3 is 2.52 bits per heavy atom. The van der Waals surface area contributed by atoms with Crippen LogP contribution in [0.2, 0.25) is 0 Å². The number of nitrogens with one attached hydrogen (secondary N) is 1. The molecule has 3 rings (SSSR count). The van der Waals surface area contributed by atoms with Crippen LogP contribution in [0.4, 0.5) is 0 Å². The van der Waals surface area contributed by atoms with Crippen LogP contribution < -0.4 is 4.72 Å². The third-order valence-corrected chi connectivity index (χ3v) is 7.07. The Labute approximate surface area is 152 Å². The molecule has 138 valence electrons. The van der Waals surface area contributed by atoms with E-state index in [1.54, 1.807) is 10.5 Å². The summed E-state index contributed by atoms with van der Waals surface area (Å²) in [6.07, 6.45) is 7.19. The fourth-order valence-electron chi connectivity index (χ4n) is 2.63. The van der Waals surface area contributed by atoms with E-state index in [1.165, 1.54) is 6.26 Å². The minimum Gasteiger partial charge on any atom is -0.598 e. The van der Waals surface area contributed by atoms with E-state index in [1.807, 2.05) is 40.1 Å². The van der Waals surface area contributed by atoms with E-state index < -0.39 is 21.2 Å². The Morgan fingerprint density at radius 2 is 2.00 bits per heavy atom. The number of fused-ring (bicyclic) bond motifs is 1. The van der Waals surface area contributed by atoms with Crippen LogP contribution in [0.1, 0.15) is 63.8 Å². The molecule has 0 aliphatic heterocycles. The Bertz CT molecular complexity index is 896. The third kappa shape index (κ3) is 4.02. The zero-order valence-electron chi connectivity index (χ0n) is 15.2. The number of hydrogen-bond donors (Lipinski definition) is 1. The molecule has 0 saturated heterocycles. The lowest BCUT2D eigenvalue weighted by molar-refractivity contribution is 0.529. The minimum absolute atomic E-state index is 0.253. The summed E-state index contributed by atoms with van der Waals surface area (Å²) >= 11 is -1.23. The maximum Gasteiger partial charge on any atom is 0.179 e. The predicted molar refractivity (Wildman–Crippen MR) is 99.7 cm³/mol. The monoisotopic (exact) mass is 383 g/mol. The molecule has 1 aliphatic carbocycles. The molecule has 1 saturated carbocycles. The number of pyridine rings is 1. The van der Waals surface area contributed by atoms with Crippen LogP contribution in [0.5, 0.6) is 0 Å². The minimum atomic E-state index is -3.38. The highest BCUT2D eigenvalue weighted by Gasteiger charge is 2.30. The van der Waals surface area contributed by atoms with E-state index in [2.05, 4.69) is 9.71 Å². The summed E-state index contributed by atoms with van der Waals surface area (Å²) < 4.78 is 41.2. The molecule has 1 fully saturated rings. The van der Waals surface area contributed by atoms with E-state index in [9.17, 15) is 13.0 Å². The summed E-state index contributed by atoms with van der Waals surface area (Å²) in [4.78, 5) is 4.78. The van der Waals surface area contributed by atoms with Gasteiger partial charge in [-0.25, -0.2) is 13.4 Å². The van der Waals surface area contributed by atoms with Crippen LogP contribution in [0.25, 0.3) is 5.65 Å². The van der Waals surface area contributed by atoms with Gasteiger partial charge < -0.3 is 8.95 Å². The van der Waals surface area contributed by atoms with E-state index in [0.29, 0.717) is 17.3 Å². The summed E-state index contributed by atoms with van der Waals surface area (Å²) in [7, 11) is -3.38. The van der Waals surface area contributed by atoms with E-state index in [0.717, 1.165) is 18.4 Å². The second-order valence-corrected chi connectivity index (χ2v) is 11.8. The van der Waals surface area contributed by atoms with E-state index in [-0.39, 0.29) is 15.7 Å². The third-order valence-electron chi connectivity index (χ3n) is 4.29. The van der Waals surface area contributed by atoms with Crippen molar-refractivity contribution in [2.75, 3.05) is 6.26 Å². The molecule has 2 aromatic rings. The SMILES string of the molecule is C[C@@H](N[S+]([O-])C(C)(C)C)c1cn2cc(C3CC3)cc(S(C)(=O)=O)c2n1. The summed E-state index contributed by atoms with van der Waals surface area (Å²) in [6.45, 7) is 7.58. The van der Waals surface area contributed by atoms with Gasteiger partial charge in [0.2, 0.25) is 0 Å². The smallest absolute Gasteiger partial charge is 0.179 e. The molecule has 0 aromatic carbocycles. The average molecular weight is 384 g/mol. The molecule has 8 heteroatoms. The lowest BCUT2D eigenvalue weighted by Crippen LogP contribution is -2.40. The summed E-state index contributed by atoms with van der Waals surface area (Å²) in [5.41, 5.74) is 2.14. The van der Waals surface area contributed by atoms with Crippen LogP contribution in [0.3, 0.4) is 0 Å². The van der Waals surface area contributed by atoms with Crippen molar-refractivity contribution in [1.29, 1.82) is 0 Å². The molecule has 1 N–H and O–H groups in total. The molecule has 6 nitrogen and oxygen atoms in total. The first kappa shape index (κ1) is 18.7. The normalized spacial score (nSPS) is 18.5. The Morgan fingerprint density at radius 1 is 1.36 bits per heavy atom. The van der Waals surface area contributed by atoms with Crippen molar-refractivity contribution in [3.05, 3.63) is 29.7 Å². The molecular formula is C17H25N3O3S2. The Hall–Kier alpha value is -1.09. The number of hydrogen-bond acceptors (Lipinski definition) is 5. The van der Waals surface area contributed by atoms with Gasteiger partial charge in [-0.2, -0.15) is 0 Å². The maximum atomic E-state index is 12.3. The molecule has 0 radical (unpaired) electrons. The summed E-state index contributed by atoms with van der Waals surface area (Å²) in [5, 5.41) is 0. The number of rotatable bonds is 5. The number of nitrogens with zero attached hydrogens (tertiary/aromatic N) is 2. The highest BCUT2D eigenvalue weighted by atomic mass is 32.2. The van der Waals surface area contributed by atoms with Crippen molar-refractivity contribution in [2.24, 2.45) is 0 Å². The predicted octanol–water partition coefficient (Wildman–Crippen LogP) is 2.73. The van der Waals surface area contributed by atoms with E-state index >= 15 is 0 Å². The molecule has 1 aliphatic rings. The standard InChI is InChI=1S/C17H25N3O3S2/c1-11(19-24(21)17(2,3)4)14-10-20-9-13(12-6-7-12)8-15(16(20)18-14)25(5,22)23/h8-12,19H,6-7H2,1-5H3/t11-,24?/m1/s1. The number of imidazole rings is 1. The lowest BCUT2D eigenvalue weighted by Gasteiger charge is -2.25. The largest absolute Gasteiger partial charge is 0.598 e. The first-order valence-electron chi connectivity index (χ1n) is 8.37. The van der Waals surface area contributed by atoms with E-state index in [4.69, 9.17) is 0 Å². The van der Waals surface area contributed by atoms with Crippen molar-refractivity contribution >= 4 is 26.8 Å². The van der Waals surface area contributed by atoms with Gasteiger partial charge in [0.15, 0.2) is 15.5 Å². The van der Waals surface area contributed by atoms with Crippen LogP contribution in [-0.4, -0.2) is 33.4 Å². The van der Waals surface area contributed by atoms with Gasteiger partial charge in [0.05, 0.1) is 11.7 Å². The molecule has 2 atom stereocenters. The van der Waals surface area contributed by atoms with Gasteiger partial charge in [0, 0.05) is 30.0 Å². The second kappa shape index (κ2) is 6.26. The van der Waals surface area contributed by atoms with Crippen molar-refractivity contribution in [3.8, 4) is 0 Å². The summed E-state index contributed by atoms with van der Waals surface area (Å²) in [6, 6.07) is 1.50. The van der Waals surface area contributed by atoms with Crippen LogP contribution >= 0.6 is 0 Å². The first-order chi connectivity index (χ1) is 11.5. The lowest BCUT2D eigenvalue weighted by atomic mass is 10.2. The molecule has 0 spiro atoms. The molecule has 0 bridgehead atoms. The van der Waals surface area contributed by atoms with Crippen molar-refractivity contribution in [2.45, 2.75) is 62.1 Å². The van der Waals surface area contributed by atoms with Crippen molar-refractivity contribution < 1.29 is 13.0 Å². The molecule has 1 unspecified atom stereocenters. The highest BCUT2D eigenvalue weighted by Crippen LogP contribution is 2.41. The highest BCUT2D eigenvalue weighted by molar-refractivity contribution is 7.91. The van der Waals surface area contributed by atoms with Gasteiger partial charge in [-0.3, -0.25) is 0 Å². The van der Waals surface area contributed by atoms with Crippen molar-refractivity contribution in [3.63, 3.8) is 0 Å². The van der Waals surface area contributed by atoms with Crippen LogP contribution in [0.15, 0.2) is 23.4 Å². The molecule has 0 amide bonds. The first-order valence-corrected chi connectivity index (χ1v) is 11.4. The number of sulfone groups is 1.